The number of rotatable bonds is 4. The molecular formula is C18H10F4N2O3S. The first-order valence-electron chi connectivity index (χ1n) is 7.70. The van der Waals surface area contributed by atoms with Crippen molar-refractivity contribution in [2.75, 3.05) is 11.9 Å². The van der Waals surface area contributed by atoms with Crippen LogP contribution in [0.2, 0.25) is 0 Å². The molecule has 3 amide bonds. The Morgan fingerprint density at radius 1 is 1.00 bits per heavy atom. The first-order valence-corrected chi connectivity index (χ1v) is 8.52. The first-order chi connectivity index (χ1) is 13.3. The van der Waals surface area contributed by atoms with Gasteiger partial charge in [-0.15, -0.1) is 0 Å². The van der Waals surface area contributed by atoms with Gasteiger partial charge in [-0.05, 0) is 47.7 Å². The van der Waals surface area contributed by atoms with Gasteiger partial charge in [0, 0.05) is 0 Å². The maximum absolute atomic E-state index is 13.6. The number of hydrogen-bond donors (Lipinski definition) is 1. The molecule has 0 radical (unpaired) electrons. The Morgan fingerprint density at radius 2 is 1.68 bits per heavy atom. The SMILES string of the molecule is O=C(CN1C(=O)S/C(=C/c2ccc(F)cc2)C1=O)Nc1ccc(F)c(F)c1F. The number of carbonyl (C=O) groups is 3. The van der Waals surface area contributed by atoms with Crippen LogP contribution in [0.5, 0.6) is 0 Å². The van der Waals surface area contributed by atoms with Crippen LogP contribution in [0.4, 0.5) is 28.0 Å². The highest BCUT2D eigenvalue weighted by atomic mass is 32.2. The van der Waals surface area contributed by atoms with E-state index >= 15 is 0 Å². The lowest BCUT2D eigenvalue weighted by atomic mass is 10.2. The minimum absolute atomic E-state index is 0.0171. The van der Waals surface area contributed by atoms with Gasteiger partial charge in [0.25, 0.3) is 11.1 Å². The number of benzene rings is 2. The van der Waals surface area contributed by atoms with Gasteiger partial charge in [0.2, 0.25) is 5.91 Å². The second kappa shape index (κ2) is 7.85. The summed E-state index contributed by atoms with van der Waals surface area (Å²) >= 11 is 0.578. The molecule has 144 valence electrons. The molecule has 0 spiro atoms. The van der Waals surface area contributed by atoms with Gasteiger partial charge in [-0.1, -0.05) is 12.1 Å². The predicted octanol–water partition coefficient (Wildman–Crippen LogP) is 3.92. The third-order valence-corrected chi connectivity index (χ3v) is 4.56. The van der Waals surface area contributed by atoms with Crippen LogP contribution in [-0.4, -0.2) is 28.5 Å². The van der Waals surface area contributed by atoms with E-state index in [1.807, 2.05) is 5.32 Å². The number of nitrogens with one attached hydrogen (secondary N) is 1. The summed E-state index contributed by atoms with van der Waals surface area (Å²) in [6, 6.07) is 6.61. The second-order valence-corrected chi connectivity index (χ2v) is 6.58. The smallest absolute Gasteiger partial charge is 0.294 e. The van der Waals surface area contributed by atoms with Gasteiger partial charge in [-0.2, -0.15) is 0 Å². The van der Waals surface area contributed by atoms with Gasteiger partial charge < -0.3 is 5.32 Å². The molecule has 2 aromatic carbocycles. The number of anilines is 1. The average Bonchev–Trinajstić information content (AvgIpc) is 2.91. The molecule has 5 nitrogen and oxygen atoms in total. The Morgan fingerprint density at radius 3 is 2.36 bits per heavy atom. The fraction of sp³-hybridized carbons (Fsp3) is 0.0556. The van der Waals surface area contributed by atoms with Gasteiger partial charge in [0.1, 0.15) is 12.4 Å². The van der Waals surface area contributed by atoms with Crippen molar-refractivity contribution >= 4 is 40.6 Å². The predicted molar refractivity (Wildman–Crippen MR) is 94.0 cm³/mol. The van der Waals surface area contributed by atoms with Crippen molar-refractivity contribution in [2.45, 2.75) is 0 Å². The molecule has 1 fully saturated rings. The van der Waals surface area contributed by atoms with Crippen LogP contribution in [0.25, 0.3) is 6.08 Å². The normalized spacial score (nSPS) is 15.4. The standard InChI is InChI=1S/C18H10F4N2O3S/c19-10-3-1-9(2-4-10)7-13-17(26)24(18(27)28-13)8-14(25)23-12-6-5-11(20)15(21)16(12)22/h1-7H,8H2,(H,23,25)/b13-7+. The molecule has 0 bridgehead atoms. The van der Waals surface area contributed by atoms with Crippen molar-refractivity contribution in [3.8, 4) is 0 Å². The van der Waals surface area contributed by atoms with E-state index in [0.29, 0.717) is 28.3 Å². The number of halogens is 4. The van der Waals surface area contributed by atoms with Crippen LogP contribution in [0.1, 0.15) is 5.56 Å². The fourth-order valence-corrected chi connectivity index (χ4v) is 3.14. The van der Waals surface area contributed by atoms with Crippen molar-refractivity contribution in [2.24, 2.45) is 0 Å². The molecule has 1 N–H and O–H groups in total. The van der Waals surface area contributed by atoms with Crippen LogP contribution >= 0.6 is 11.8 Å². The maximum atomic E-state index is 13.6. The van der Waals surface area contributed by atoms with Crippen molar-refractivity contribution in [3.63, 3.8) is 0 Å². The van der Waals surface area contributed by atoms with Crippen LogP contribution in [-0.2, 0) is 9.59 Å². The zero-order valence-electron chi connectivity index (χ0n) is 13.8. The quantitative estimate of drug-likeness (QED) is 0.472. The molecular weight excluding hydrogens is 400 g/mol. The van der Waals surface area contributed by atoms with Gasteiger partial charge in [-0.25, -0.2) is 17.6 Å². The third-order valence-electron chi connectivity index (χ3n) is 3.65. The van der Waals surface area contributed by atoms with E-state index in [2.05, 4.69) is 0 Å². The van der Waals surface area contributed by atoms with Crippen LogP contribution in [0.15, 0.2) is 41.3 Å². The minimum Gasteiger partial charge on any atom is -0.322 e. The summed E-state index contributed by atoms with van der Waals surface area (Å²) in [7, 11) is 0. The highest BCUT2D eigenvalue weighted by Crippen LogP contribution is 2.32. The second-order valence-electron chi connectivity index (χ2n) is 5.59. The number of carbonyl (C=O) groups excluding carboxylic acids is 3. The summed E-state index contributed by atoms with van der Waals surface area (Å²) < 4.78 is 52.6. The van der Waals surface area contributed by atoms with E-state index in [1.54, 1.807) is 0 Å². The van der Waals surface area contributed by atoms with Crippen molar-refractivity contribution < 1.29 is 31.9 Å². The summed E-state index contributed by atoms with van der Waals surface area (Å²) in [6.07, 6.45) is 1.36. The molecule has 1 aliphatic heterocycles. The summed E-state index contributed by atoms with van der Waals surface area (Å²) in [4.78, 5) is 37.0. The molecule has 28 heavy (non-hydrogen) atoms. The summed E-state index contributed by atoms with van der Waals surface area (Å²) in [5.74, 6) is -6.99. The van der Waals surface area contributed by atoms with Crippen molar-refractivity contribution in [3.05, 3.63) is 70.1 Å². The number of nitrogens with zero attached hydrogens (tertiary/aromatic N) is 1. The highest BCUT2D eigenvalue weighted by Gasteiger charge is 2.36. The van der Waals surface area contributed by atoms with E-state index in [4.69, 9.17) is 0 Å². The zero-order valence-corrected chi connectivity index (χ0v) is 14.7. The largest absolute Gasteiger partial charge is 0.322 e. The van der Waals surface area contributed by atoms with Crippen LogP contribution in [0.3, 0.4) is 0 Å². The molecule has 1 heterocycles. The Hall–Kier alpha value is -3.14. The molecule has 0 unspecified atom stereocenters. The molecule has 2 aromatic rings. The lowest BCUT2D eigenvalue weighted by molar-refractivity contribution is -0.127. The van der Waals surface area contributed by atoms with Crippen LogP contribution < -0.4 is 5.32 Å². The molecule has 1 saturated heterocycles. The minimum atomic E-state index is -1.76. The number of imide groups is 1. The monoisotopic (exact) mass is 410 g/mol. The summed E-state index contributed by atoms with van der Waals surface area (Å²) in [6.45, 7) is -0.746. The Kier molecular flexibility index (Phi) is 5.50. The molecule has 0 saturated carbocycles. The molecule has 3 rings (SSSR count). The molecule has 0 aliphatic carbocycles. The van der Waals surface area contributed by atoms with E-state index < -0.39 is 52.6 Å². The van der Waals surface area contributed by atoms with Gasteiger partial charge in [0.05, 0.1) is 10.6 Å². The van der Waals surface area contributed by atoms with E-state index in [9.17, 15) is 31.9 Å². The first kappa shape index (κ1) is 19.6. The molecule has 0 aromatic heterocycles. The summed E-state index contributed by atoms with van der Waals surface area (Å²) in [5, 5.41) is 1.24. The molecule has 10 heteroatoms. The highest BCUT2D eigenvalue weighted by molar-refractivity contribution is 8.18. The van der Waals surface area contributed by atoms with Gasteiger partial charge in [0.15, 0.2) is 17.5 Å². The average molecular weight is 410 g/mol. The number of hydrogen-bond acceptors (Lipinski definition) is 4. The number of thioether (sulfide) groups is 1. The summed E-state index contributed by atoms with van der Waals surface area (Å²) in [5.41, 5.74) is -0.155. The van der Waals surface area contributed by atoms with Crippen molar-refractivity contribution in [1.29, 1.82) is 0 Å². The van der Waals surface area contributed by atoms with E-state index in [0.717, 1.165) is 6.07 Å². The third kappa shape index (κ3) is 4.06. The van der Waals surface area contributed by atoms with Crippen molar-refractivity contribution in [1.82, 2.24) is 4.90 Å². The molecule has 0 atom stereocenters. The zero-order chi connectivity index (χ0) is 20.4. The van der Waals surface area contributed by atoms with Gasteiger partial charge >= 0.3 is 0 Å². The van der Waals surface area contributed by atoms with E-state index in [-0.39, 0.29) is 4.91 Å². The lowest BCUT2D eigenvalue weighted by Gasteiger charge is -2.13. The Labute approximate surface area is 160 Å². The van der Waals surface area contributed by atoms with Crippen LogP contribution in [0, 0.1) is 23.3 Å². The Bertz CT molecular complexity index is 1010. The lowest BCUT2D eigenvalue weighted by Crippen LogP contribution is -2.36. The maximum Gasteiger partial charge on any atom is 0.294 e. The fourth-order valence-electron chi connectivity index (χ4n) is 2.30. The van der Waals surface area contributed by atoms with Gasteiger partial charge in [-0.3, -0.25) is 19.3 Å². The topological polar surface area (TPSA) is 66.5 Å². The van der Waals surface area contributed by atoms with E-state index in [1.165, 1.54) is 30.3 Å². The Balaban J connectivity index is 1.71. The number of amides is 3. The molecule has 1 aliphatic rings.